The Balaban J connectivity index is 1.89. The molecular formula is C18H16N4O4S. The zero-order valence-corrected chi connectivity index (χ0v) is 14.8. The van der Waals surface area contributed by atoms with Crippen LogP contribution in [0.2, 0.25) is 0 Å². The lowest BCUT2D eigenvalue weighted by Gasteiger charge is -2.11. The van der Waals surface area contributed by atoms with Crippen molar-refractivity contribution in [2.24, 2.45) is 5.14 Å². The molecule has 0 aliphatic rings. The highest BCUT2D eigenvalue weighted by Gasteiger charge is 2.19. The van der Waals surface area contributed by atoms with E-state index in [1.165, 1.54) is 12.1 Å². The average Bonchev–Trinajstić information content (AvgIpc) is 2.62. The van der Waals surface area contributed by atoms with Crippen molar-refractivity contribution in [3.05, 3.63) is 82.9 Å². The predicted octanol–water partition coefficient (Wildman–Crippen LogP) is 3.73. The van der Waals surface area contributed by atoms with Crippen molar-refractivity contribution in [3.8, 4) is 0 Å². The van der Waals surface area contributed by atoms with E-state index >= 15 is 0 Å². The van der Waals surface area contributed by atoms with E-state index in [1.54, 1.807) is 18.2 Å². The van der Waals surface area contributed by atoms with E-state index < -0.39 is 14.9 Å². The molecule has 9 heteroatoms. The van der Waals surface area contributed by atoms with Gasteiger partial charge >= 0.3 is 0 Å². The molecule has 0 unspecified atom stereocenters. The van der Waals surface area contributed by atoms with E-state index in [-0.39, 0.29) is 16.3 Å². The zero-order valence-electron chi connectivity index (χ0n) is 14.0. The van der Waals surface area contributed by atoms with Crippen LogP contribution >= 0.6 is 0 Å². The first-order valence-electron chi connectivity index (χ1n) is 7.83. The molecule has 4 N–H and O–H groups in total. The molecule has 8 nitrogen and oxygen atoms in total. The maximum absolute atomic E-state index is 11.4. The van der Waals surface area contributed by atoms with Crippen molar-refractivity contribution in [1.29, 1.82) is 0 Å². The number of rotatable bonds is 6. The van der Waals surface area contributed by atoms with Crippen LogP contribution in [0.15, 0.2) is 77.7 Å². The number of benzene rings is 3. The zero-order chi connectivity index (χ0) is 19.4. The summed E-state index contributed by atoms with van der Waals surface area (Å²) in [6.45, 7) is 0. The largest absolute Gasteiger partial charge is 0.355 e. The first-order chi connectivity index (χ1) is 12.8. The van der Waals surface area contributed by atoms with E-state index in [1.807, 2.05) is 36.4 Å². The molecular weight excluding hydrogens is 368 g/mol. The van der Waals surface area contributed by atoms with Gasteiger partial charge in [-0.25, -0.2) is 13.6 Å². The number of para-hydroxylation sites is 1. The predicted molar refractivity (Wildman–Crippen MR) is 104 cm³/mol. The molecule has 3 aromatic carbocycles. The van der Waals surface area contributed by atoms with Crippen molar-refractivity contribution in [3.63, 3.8) is 0 Å². The van der Waals surface area contributed by atoms with E-state index in [2.05, 4.69) is 10.6 Å². The third kappa shape index (κ3) is 4.60. The second-order valence-corrected chi connectivity index (χ2v) is 7.24. The monoisotopic (exact) mass is 384 g/mol. The number of nitrogens with two attached hydrogens (primary N) is 1. The van der Waals surface area contributed by atoms with Crippen molar-refractivity contribution in [2.75, 3.05) is 10.6 Å². The summed E-state index contributed by atoms with van der Waals surface area (Å²) >= 11 is 0. The van der Waals surface area contributed by atoms with Crippen molar-refractivity contribution in [2.45, 2.75) is 4.90 Å². The molecule has 0 fully saturated rings. The summed E-state index contributed by atoms with van der Waals surface area (Å²) in [7, 11) is -4.03. The third-order valence-corrected chi connectivity index (χ3v) is 4.61. The molecule has 0 atom stereocenters. The first-order valence-corrected chi connectivity index (χ1v) is 9.38. The fourth-order valence-electron chi connectivity index (χ4n) is 2.46. The number of nitrogens with one attached hydrogen (secondary N) is 2. The summed E-state index contributed by atoms with van der Waals surface area (Å²) in [5.41, 5.74) is 2.06. The van der Waals surface area contributed by atoms with Gasteiger partial charge in [0.2, 0.25) is 10.0 Å². The summed E-state index contributed by atoms with van der Waals surface area (Å²) < 4.78 is 22.8. The van der Waals surface area contributed by atoms with Crippen LogP contribution in [-0.4, -0.2) is 13.3 Å². The van der Waals surface area contributed by atoms with Crippen molar-refractivity contribution >= 4 is 38.5 Å². The normalized spacial score (nSPS) is 11.0. The quantitative estimate of drug-likeness (QED) is 0.439. The molecule has 0 aliphatic carbocycles. The van der Waals surface area contributed by atoms with E-state index in [9.17, 15) is 18.5 Å². The Hall–Kier alpha value is -3.43. The van der Waals surface area contributed by atoms with Crippen LogP contribution < -0.4 is 15.8 Å². The van der Waals surface area contributed by atoms with Crippen molar-refractivity contribution in [1.82, 2.24) is 0 Å². The summed E-state index contributed by atoms with van der Waals surface area (Å²) in [5.74, 6) is 0. The lowest BCUT2D eigenvalue weighted by Crippen LogP contribution is -2.12. The highest BCUT2D eigenvalue weighted by atomic mass is 32.2. The summed E-state index contributed by atoms with van der Waals surface area (Å²) in [6.07, 6.45) is 0. The molecule has 0 radical (unpaired) electrons. The van der Waals surface area contributed by atoms with Gasteiger partial charge in [-0.3, -0.25) is 10.1 Å². The highest BCUT2D eigenvalue weighted by Crippen LogP contribution is 2.31. The van der Waals surface area contributed by atoms with Crippen molar-refractivity contribution < 1.29 is 13.3 Å². The molecule has 3 aromatic rings. The second-order valence-electron chi connectivity index (χ2n) is 5.68. The van der Waals surface area contributed by atoms with Gasteiger partial charge in [-0.05, 0) is 42.5 Å². The Bertz CT molecular complexity index is 1090. The fourth-order valence-corrected chi connectivity index (χ4v) is 3.00. The van der Waals surface area contributed by atoms with Gasteiger partial charge in [0.25, 0.3) is 5.69 Å². The maximum Gasteiger partial charge on any atom is 0.294 e. The Morgan fingerprint density at radius 1 is 0.815 bits per heavy atom. The standard InChI is InChI=1S/C18H16N4O4S/c19-27(25,26)16-9-10-17(18(12-16)22(23)24)21-15-8-4-7-14(11-15)20-13-5-2-1-3-6-13/h1-12,20-21H,(H2,19,25,26). The van der Waals surface area contributed by atoms with Crippen LogP contribution in [-0.2, 0) is 10.0 Å². The van der Waals surface area contributed by atoms with Gasteiger partial charge in [0.05, 0.1) is 9.82 Å². The van der Waals surface area contributed by atoms with E-state index in [0.29, 0.717) is 5.69 Å². The molecule has 0 amide bonds. The molecule has 0 spiro atoms. The van der Waals surface area contributed by atoms with Gasteiger partial charge in [0, 0.05) is 23.1 Å². The summed E-state index contributed by atoms with van der Waals surface area (Å²) in [5, 5.41) is 22.5. The number of hydrogen-bond donors (Lipinski definition) is 3. The molecule has 0 saturated carbocycles. The number of primary sulfonamides is 1. The Morgan fingerprint density at radius 3 is 2.07 bits per heavy atom. The summed E-state index contributed by atoms with van der Waals surface area (Å²) in [4.78, 5) is 10.3. The smallest absolute Gasteiger partial charge is 0.294 e. The van der Waals surface area contributed by atoms with E-state index in [0.717, 1.165) is 17.4 Å². The Kier molecular flexibility index (Phi) is 5.06. The number of nitrogens with zero attached hydrogens (tertiary/aromatic N) is 1. The molecule has 0 aromatic heterocycles. The Morgan fingerprint density at radius 2 is 1.44 bits per heavy atom. The molecule has 3 rings (SSSR count). The molecule has 0 heterocycles. The molecule has 138 valence electrons. The maximum atomic E-state index is 11.4. The van der Waals surface area contributed by atoms with Crippen LogP contribution in [0.3, 0.4) is 0 Å². The molecule has 0 saturated heterocycles. The fraction of sp³-hybridized carbons (Fsp3) is 0. The summed E-state index contributed by atoms with van der Waals surface area (Å²) in [6, 6.07) is 20.2. The Labute approximate surface area is 155 Å². The molecule has 0 bridgehead atoms. The average molecular weight is 384 g/mol. The minimum Gasteiger partial charge on any atom is -0.355 e. The first kappa shape index (κ1) is 18.4. The van der Waals surface area contributed by atoms with Crippen LogP contribution in [0, 0.1) is 10.1 Å². The number of sulfonamides is 1. The van der Waals surface area contributed by atoms with Gasteiger partial charge in [0.1, 0.15) is 5.69 Å². The number of hydrogen-bond acceptors (Lipinski definition) is 6. The lowest BCUT2D eigenvalue weighted by molar-refractivity contribution is -0.384. The topological polar surface area (TPSA) is 127 Å². The van der Waals surface area contributed by atoms with Gasteiger partial charge < -0.3 is 10.6 Å². The highest BCUT2D eigenvalue weighted by molar-refractivity contribution is 7.89. The van der Waals surface area contributed by atoms with E-state index in [4.69, 9.17) is 5.14 Å². The van der Waals surface area contributed by atoms with Crippen LogP contribution in [0.25, 0.3) is 0 Å². The number of nitro groups is 1. The van der Waals surface area contributed by atoms with Gasteiger partial charge in [-0.2, -0.15) is 0 Å². The number of anilines is 4. The number of nitro benzene ring substituents is 1. The third-order valence-electron chi connectivity index (χ3n) is 3.70. The molecule has 27 heavy (non-hydrogen) atoms. The second kappa shape index (κ2) is 7.44. The SMILES string of the molecule is NS(=O)(=O)c1ccc(Nc2cccc(Nc3ccccc3)c2)c([N+](=O)[O-])c1. The van der Waals surface area contributed by atoms with Crippen LogP contribution in [0.1, 0.15) is 0 Å². The molecule has 0 aliphatic heterocycles. The van der Waals surface area contributed by atoms with Gasteiger partial charge in [0.15, 0.2) is 0 Å². The minimum atomic E-state index is -4.03. The van der Waals surface area contributed by atoms with Gasteiger partial charge in [-0.1, -0.05) is 24.3 Å². The minimum absolute atomic E-state index is 0.157. The van der Waals surface area contributed by atoms with Crippen LogP contribution in [0.4, 0.5) is 28.4 Å². The lowest BCUT2D eigenvalue weighted by atomic mass is 10.2. The van der Waals surface area contributed by atoms with Gasteiger partial charge in [-0.15, -0.1) is 0 Å². The van der Waals surface area contributed by atoms with Crippen LogP contribution in [0.5, 0.6) is 0 Å².